The largest absolute Gasteiger partial charge is 0.464 e. The lowest BCUT2D eigenvalue weighted by Gasteiger charge is -2.33. The number of thiazole rings is 1. The zero-order valence-electron chi connectivity index (χ0n) is 12.0. The van der Waals surface area contributed by atoms with Gasteiger partial charge in [-0.25, -0.2) is 9.78 Å². The summed E-state index contributed by atoms with van der Waals surface area (Å²) in [4.78, 5) is 32.5. The Balaban J connectivity index is 2.21. The van der Waals surface area contributed by atoms with E-state index in [0.29, 0.717) is 4.88 Å². The third-order valence-electron chi connectivity index (χ3n) is 3.40. The van der Waals surface area contributed by atoms with Gasteiger partial charge in [-0.1, -0.05) is 18.3 Å². The van der Waals surface area contributed by atoms with Crippen molar-refractivity contribution in [2.45, 2.75) is 13.8 Å². The van der Waals surface area contributed by atoms with E-state index in [2.05, 4.69) is 26.4 Å². The smallest absolute Gasteiger partial charge is 0.358 e. The van der Waals surface area contributed by atoms with Crippen LogP contribution >= 0.6 is 11.3 Å². The van der Waals surface area contributed by atoms with Gasteiger partial charge in [0.15, 0.2) is 16.6 Å². The Hall–Kier alpha value is -1.47. The molecule has 110 valence electrons. The predicted octanol–water partition coefficient (Wildman–Crippen LogP) is 1.27. The van der Waals surface area contributed by atoms with Crippen LogP contribution in [-0.4, -0.2) is 61.5 Å². The molecule has 1 aromatic rings. The van der Waals surface area contributed by atoms with Gasteiger partial charge in [0.1, 0.15) is 4.88 Å². The molecular formula is C13H19N3O3S. The first-order valence-electron chi connectivity index (χ1n) is 6.64. The number of methoxy groups -OCH3 is 1. The van der Waals surface area contributed by atoms with Gasteiger partial charge in [-0.2, -0.15) is 0 Å². The van der Waals surface area contributed by atoms with Gasteiger partial charge in [-0.05, 0) is 6.54 Å². The number of nitrogens with zero attached hydrogens (tertiary/aromatic N) is 3. The van der Waals surface area contributed by atoms with Gasteiger partial charge in [-0.15, -0.1) is 0 Å². The van der Waals surface area contributed by atoms with Crippen LogP contribution in [0.15, 0.2) is 0 Å². The first-order valence-corrected chi connectivity index (χ1v) is 7.45. The SMILES string of the molecule is CCN1CCN(c2nc(C(=O)OC)c(C(C)=O)s2)CC1. The lowest BCUT2D eigenvalue weighted by atomic mass is 10.3. The molecular weight excluding hydrogens is 278 g/mol. The molecule has 0 N–H and O–H groups in total. The summed E-state index contributed by atoms with van der Waals surface area (Å²) in [7, 11) is 1.30. The average molecular weight is 297 g/mol. The van der Waals surface area contributed by atoms with Crippen molar-refractivity contribution in [2.75, 3.05) is 44.7 Å². The number of aromatic nitrogens is 1. The average Bonchev–Trinajstić information content (AvgIpc) is 2.92. The predicted molar refractivity (Wildman–Crippen MR) is 77.8 cm³/mol. The summed E-state index contributed by atoms with van der Waals surface area (Å²) in [6, 6.07) is 0. The standard InChI is InChI=1S/C13H19N3O3S/c1-4-15-5-7-16(8-6-15)13-14-10(12(18)19-3)11(20-13)9(2)17/h4-8H2,1-3H3. The maximum absolute atomic E-state index is 11.7. The molecule has 0 radical (unpaired) electrons. The molecule has 0 spiro atoms. The molecule has 1 aliphatic heterocycles. The Morgan fingerprint density at radius 2 is 1.95 bits per heavy atom. The zero-order chi connectivity index (χ0) is 14.7. The fourth-order valence-electron chi connectivity index (χ4n) is 2.17. The zero-order valence-corrected chi connectivity index (χ0v) is 12.8. The van der Waals surface area contributed by atoms with Crippen molar-refractivity contribution in [1.82, 2.24) is 9.88 Å². The quantitative estimate of drug-likeness (QED) is 0.616. The van der Waals surface area contributed by atoms with E-state index >= 15 is 0 Å². The van der Waals surface area contributed by atoms with Crippen LogP contribution in [0.25, 0.3) is 0 Å². The Bertz CT molecular complexity index is 507. The summed E-state index contributed by atoms with van der Waals surface area (Å²) in [6.45, 7) is 8.29. The van der Waals surface area contributed by atoms with Crippen molar-refractivity contribution >= 4 is 28.2 Å². The maximum Gasteiger partial charge on any atom is 0.358 e. The number of anilines is 1. The van der Waals surface area contributed by atoms with Crippen LogP contribution in [0.5, 0.6) is 0 Å². The summed E-state index contributed by atoms with van der Waals surface area (Å²) in [6.07, 6.45) is 0. The highest BCUT2D eigenvalue weighted by atomic mass is 32.1. The number of ketones is 1. The topological polar surface area (TPSA) is 62.7 Å². The van der Waals surface area contributed by atoms with Gasteiger partial charge < -0.3 is 14.5 Å². The fourth-order valence-corrected chi connectivity index (χ4v) is 3.17. The molecule has 1 saturated heterocycles. The van der Waals surface area contributed by atoms with Crippen molar-refractivity contribution < 1.29 is 14.3 Å². The summed E-state index contributed by atoms with van der Waals surface area (Å²) >= 11 is 1.27. The molecule has 0 aromatic carbocycles. The van der Waals surface area contributed by atoms with Crippen LogP contribution in [0.3, 0.4) is 0 Å². The number of ether oxygens (including phenoxy) is 1. The Morgan fingerprint density at radius 3 is 2.45 bits per heavy atom. The molecule has 2 rings (SSSR count). The fraction of sp³-hybridized carbons (Fsp3) is 0.615. The van der Waals surface area contributed by atoms with E-state index in [4.69, 9.17) is 0 Å². The van der Waals surface area contributed by atoms with Crippen molar-refractivity contribution in [3.63, 3.8) is 0 Å². The van der Waals surface area contributed by atoms with Crippen molar-refractivity contribution in [3.8, 4) is 0 Å². The number of piperazine rings is 1. The molecule has 1 fully saturated rings. The van der Waals surface area contributed by atoms with Gasteiger partial charge >= 0.3 is 5.97 Å². The molecule has 6 nitrogen and oxygen atoms in total. The second-order valence-corrected chi connectivity index (χ2v) is 5.62. The summed E-state index contributed by atoms with van der Waals surface area (Å²) in [5.74, 6) is -0.703. The molecule has 0 saturated carbocycles. The highest BCUT2D eigenvalue weighted by molar-refractivity contribution is 7.17. The van der Waals surface area contributed by atoms with E-state index < -0.39 is 5.97 Å². The number of carbonyl (C=O) groups excluding carboxylic acids is 2. The number of hydrogen-bond acceptors (Lipinski definition) is 7. The molecule has 1 aliphatic rings. The first-order chi connectivity index (χ1) is 9.56. The number of esters is 1. The van der Waals surface area contributed by atoms with Gasteiger partial charge in [0, 0.05) is 33.1 Å². The van der Waals surface area contributed by atoms with Crippen LogP contribution in [0, 0.1) is 0 Å². The highest BCUT2D eigenvalue weighted by Crippen LogP contribution is 2.28. The summed E-state index contributed by atoms with van der Waals surface area (Å²) in [5, 5.41) is 0.728. The number of hydrogen-bond donors (Lipinski definition) is 0. The van der Waals surface area contributed by atoms with Crippen LogP contribution in [0.2, 0.25) is 0 Å². The van der Waals surface area contributed by atoms with E-state index in [1.807, 2.05) is 0 Å². The van der Waals surface area contributed by atoms with Gasteiger partial charge in [-0.3, -0.25) is 4.79 Å². The van der Waals surface area contributed by atoms with Crippen molar-refractivity contribution in [2.24, 2.45) is 0 Å². The maximum atomic E-state index is 11.7. The molecule has 0 unspecified atom stereocenters. The Labute approximate surface area is 122 Å². The minimum atomic E-state index is -0.551. The Morgan fingerprint density at radius 1 is 1.30 bits per heavy atom. The normalized spacial score (nSPS) is 16.2. The first kappa shape index (κ1) is 14.9. The number of likely N-dealkylation sites (N-methyl/N-ethyl adjacent to an activating group) is 1. The molecule has 0 amide bonds. The second kappa shape index (κ2) is 6.32. The van der Waals surface area contributed by atoms with Crippen LogP contribution in [0.4, 0.5) is 5.13 Å². The van der Waals surface area contributed by atoms with E-state index in [9.17, 15) is 9.59 Å². The molecule has 0 aliphatic carbocycles. The molecule has 2 heterocycles. The van der Waals surface area contributed by atoms with Crippen LogP contribution < -0.4 is 4.90 Å². The van der Waals surface area contributed by atoms with Gasteiger partial charge in [0.05, 0.1) is 7.11 Å². The Kier molecular flexibility index (Phi) is 4.72. The van der Waals surface area contributed by atoms with E-state index in [-0.39, 0.29) is 11.5 Å². The van der Waals surface area contributed by atoms with E-state index in [1.54, 1.807) is 0 Å². The van der Waals surface area contributed by atoms with Crippen molar-refractivity contribution in [3.05, 3.63) is 10.6 Å². The molecule has 0 bridgehead atoms. The molecule has 0 atom stereocenters. The summed E-state index contributed by atoms with van der Waals surface area (Å²) in [5.41, 5.74) is 0.137. The van der Waals surface area contributed by atoms with E-state index in [0.717, 1.165) is 37.9 Å². The number of carbonyl (C=O) groups is 2. The number of Topliss-reactive ketones (excluding diaryl/α,β-unsaturated/α-hetero) is 1. The van der Waals surface area contributed by atoms with E-state index in [1.165, 1.54) is 25.4 Å². The third kappa shape index (κ3) is 2.99. The number of rotatable bonds is 4. The summed E-state index contributed by atoms with van der Waals surface area (Å²) < 4.78 is 4.69. The van der Waals surface area contributed by atoms with Crippen LogP contribution in [0.1, 0.15) is 34.0 Å². The lowest BCUT2D eigenvalue weighted by molar-refractivity contribution is 0.0591. The van der Waals surface area contributed by atoms with Crippen molar-refractivity contribution in [1.29, 1.82) is 0 Å². The monoisotopic (exact) mass is 297 g/mol. The van der Waals surface area contributed by atoms with Crippen LogP contribution in [-0.2, 0) is 4.74 Å². The molecule has 7 heteroatoms. The third-order valence-corrected chi connectivity index (χ3v) is 4.62. The second-order valence-electron chi connectivity index (χ2n) is 4.64. The van der Waals surface area contributed by atoms with Gasteiger partial charge in [0.25, 0.3) is 0 Å². The lowest BCUT2D eigenvalue weighted by Crippen LogP contribution is -2.46. The molecule has 1 aromatic heterocycles. The minimum absolute atomic E-state index is 0.137. The highest BCUT2D eigenvalue weighted by Gasteiger charge is 2.25. The minimum Gasteiger partial charge on any atom is -0.464 e. The van der Waals surface area contributed by atoms with Gasteiger partial charge in [0.2, 0.25) is 0 Å². The molecule has 20 heavy (non-hydrogen) atoms.